The van der Waals surface area contributed by atoms with Crippen LogP contribution < -0.4 is 4.74 Å². The lowest BCUT2D eigenvalue weighted by atomic mass is 10.2. The van der Waals surface area contributed by atoms with E-state index in [-0.39, 0.29) is 6.61 Å². The average Bonchev–Trinajstić information content (AvgIpc) is 3.06. The third-order valence-corrected chi connectivity index (χ3v) is 3.56. The van der Waals surface area contributed by atoms with Crippen LogP contribution >= 0.6 is 11.6 Å². The highest BCUT2D eigenvalue weighted by molar-refractivity contribution is 6.30. The number of hydrogen-bond donors (Lipinski definition) is 1. The van der Waals surface area contributed by atoms with Gasteiger partial charge in [-0.1, -0.05) is 11.6 Å². The molecule has 1 fully saturated rings. The average molecular weight is 341 g/mol. The number of hydrogen-bond acceptors (Lipinski definition) is 7. The first-order valence-corrected chi connectivity index (χ1v) is 7.69. The molecule has 2 heterocycles. The van der Waals surface area contributed by atoms with Crippen molar-refractivity contribution in [3.8, 4) is 17.2 Å². The summed E-state index contributed by atoms with van der Waals surface area (Å²) in [5, 5.41) is 17.8. The van der Waals surface area contributed by atoms with Crippen LogP contribution in [-0.2, 0) is 9.47 Å². The lowest BCUT2D eigenvalue weighted by Crippen LogP contribution is -2.33. The van der Waals surface area contributed by atoms with Gasteiger partial charge in [0.05, 0.1) is 32.0 Å². The van der Waals surface area contributed by atoms with Gasteiger partial charge in [0, 0.05) is 5.02 Å². The molecule has 3 rings (SSSR count). The molecule has 2 atom stereocenters. The second kappa shape index (κ2) is 7.27. The molecule has 0 aliphatic carbocycles. The van der Waals surface area contributed by atoms with Gasteiger partial charge in [-0.05, 0) is 25.1 Å². The Balaban J connectivity index is 1.86. The largest absolute Gasteiger partial charge is 0.493 e. The standard InChI is InChI=1S/C15H17ClN2O5/c1-2-21-12-4-3-9(16)5-11(12)14-17-18-15(23-14)13-8-20-7-10(6-19)22-13/h3-5,10,13,19H,2,6-8H2,1H3/t10-,13-/m1/s1. The van der Waals surface area contributed by atoms with Gasteiger partial charge in [-0.15, -0.1) is 10.2 Å². The summed E-state index contributed by atoms with van der Waals surface area (Å²) in [4.78, 5) is 0. The maximum absolute atomic E-state index is 9.16. The smallest absolute Gasteiger partial charge is 0.251 e. The van der Waals surface area contributed by atoms with Crippen LogP contribution in [0.1, 0.15) is 18.9 Å². The maximum atomic E-state index is 9.16. The molecule has 7 nitrogen and oxygen atoms in total. The molecule has 1 aliphatic heterocycles. The summed E-state index contributed by atoms with van der Waals surface area (Å²) in [6.45, 7) is 2.91. The van der Waals surface area contributed by atoms with Crippen molar-refractivity contribution in [2.45, 2.75) is 19.1 Å². The van der Waals surface area contributed by atoms with Crippen molar-refractivity contribution in [3.63, 3.8) is 0 Å². The van der Waals surface area contributed by atoms with Gasteiger partial charge in [-0.2, -0.15) is 0 Å². The topological polar surface area (TPSA) is 86.8 Å². The van der Waals surface area contributed by atoms with Gasteiger partial charge in [0.15, 0.2) is 6.10 Å². The van der Waals surface area contributed by atoms with E-state index in [0.717, 1.165) is 0 Å². The molecule has 0 unspecified atom stereocenters. The summed E-state index contributed by atoms with van der Waals surface area (Å²) in [6.07, 6.45) is -0.897. The van der Waals surface area contributed by atoms with E-state index in [4.69, 9.17) is 35.3 Å². The molecule has 0 radical (unpaired) electrons. The number of nitrogens with zero attached hydrogens (tertiary/aromatic N) is 2. The first-order chi connectivity index (χ1) is 11.2. The third-order valence-electron chi connectivity index (χ3n) is 3.32. The number of ether oxygens (including phenoxy) is 3. The van der Waals surface area contributed by atoms with E-state index in [1.165, 1.54) is 0 Å². The summed E-state index contributed by atoms with van der Waals surface area (Å²) in [5.41, 5.74) is 0.619. The van der Waals surface area contributed by atoms with Crippen LogP contribution in [0.5, 0.6) is 5.75 Å². The Labute approximate surface area is 138 Å². The van der Waals surface area contributed by atoms with Gasteiger partial charge in [0.25, 0.3) is 5.89 Å². The minimum Gasteiger partial charge on any atom is -0.493 e. The normalized spacial score (nSPS) is 21.3. The Hall–Kier alpha value is -1.67. The molecule has 0 saturated carbocycles. The predicted molar refractivity (Wildman–Crippen MR) is 81.4 cm³/mol. The minimum atomic E-state index is -0.503. The lowest BCUT2D eigenvalue weighted by molar-refractivity contribution is -0.159. The van der Waals surface area contributed by atoms with E-state index in [9.17, 15) is 0 Å². The van der Waals surface area contributed by atoms with Crippen LogP contribution in [0.15, 0.2) is 22.6 Å². The fourth-order valence-electron chi connectivity index (χ4n) is 2.27. The summed E-state index contributed by atoms with van der Waals surface area (Å²) in [5.74, 6) is 1.20. The van der Waals surface area contributed by atoms with Gasteiger partial charge in [-0.25, -0.2) is 0 Å². The molecular formula is C15H17ClN2O5. The molecule has 1 aromatic carbocycles. The Kier molecular flexibility index (Phi) is 5.12. The minimum absolute atomic E-state index is 0.125. The van der Waals surface area contributed by atoms with E-state index < -0.39 is 12.2 Å². The summed E-state index contributed by atoms with van der Waals surface area (Å²) >= 11 is 6.04. The third kappa shape index (κ3) is 3.64. The number of halogens is 1. The highest BCUT2D eigenvalue weighted by Crippen LogP contribution is 2.33. The fourth-order valence-corrected chi connectivity index (χ4v) is 2.44. The zero-order chi connectivity index (χ0) is 16.2. The van der Waals surface area contributed by atoms with Crippen molar-refractivity contribution in [1.29, 1.82) is 0 Å². The molecule has 0 spiro atoms. The van der Waals surface area contributed by atoms with Crippen LogP contribution in [-0.4, -0.2) is 47.8 Å². The first kappa shape index (κ1) is 16.2. The zero-order valence-corrected chi connectivity index (χ0v) is 13.3. The van der Waals surface area contributed by atoms with Crippen molar-refractivity contribution in [2.75, 3.05) is 26.4 Å². The van der Waals surface area contributed by atoms with Crippen molar-refractivity contribution >= 4 is 11.6 Å². The second-order valence-electron chi connectivity index (χ2n) is 4.99. The maximum Gasteiger partial charge on any atom is 0.251 e. The molecule has 0 bridgehead atoms. The predicted octanol–water partition coefficient (Wildman–Crippen LogP) is 2.24. The van der Waals surface area contributed by atoms with Crippen LogP contribution in [0.3, 0.4) is 0 Å². The van der Waals surface area contributed by atoms with E-state index >= 15 is 0 Å². The number of benzene rings is 1. The molecule has 0 amide bonds. The number of aliphatic hydroxyl groups is 1. The summed E-state index contributed by atoms with van der Waals surface area (Å²) < 4.78 is 22.3. The summed E-state index contributed by atoms with van der Waals surface area (Å²) in [6, 6.07) is 5.20. The number of rotatable bonds is 5. The Bertz CT molecular complexity index is 663. The van der Waals surface area contributed by atoms with Crippen LogP contribution in [0.25, 0.3) is 11.5 Å². The van der Waals surface area contributed by atoms with Gasteiger partial charge >= 0.3 is 0 Å². The van der Waals surface area contributed by atoms with Crippen LogP contribution in [0.4, 0.5) is 0 Å². The van der Waals surface area contributed by atoms with Crippen LogP contribution in [0.2, 0.25) is 5.02 Å². The molecule has 1 saturated heterocycles. The molecule has 1 aromatic heterocycles. The summed E-state index contributed by atoms with van der Waals surface area (Å²) in [7, 11) is 0. The van der Waals surface area contributed by atoms with Crippen LogP contribution in [0, 0.1) is 0 Å². The molecule has 23 heavy (non-hydrogen) atoms. The molecule has 2 aromatic rings. The highest BCUT2D eigenvalue weighted by Gasteiger charge is 2.28. The van der Waals surface area contributed by atoms with Crippen molar-refractivity contribution in [3.05, 3.63) is 29.1 Å². The molecule has 1 N–H and O–H groups in total. The Morgan fingerprint density at radius 2 is 2.22 bits per heavy atom. The SMILES string of the molecule is CCOc1ccc(Cl)cc1-c1nnc([C@H]2COC[C@@H](CO)O2)o1. The Morgan fingerprint density at radius 1 is 1.35 bits per heavy atom. The highest BCUT2D eigenvalue weighted by atomic mass is 35.5. The lowest BCUT2D eigenvalue weighted by Gasteiger charge is -2.26. The molecule has 1 aliphatic rings. The van der Waals surface area contributed by atoms with E-state index in [1.54, 1.807) is 18.2 Å². The first-order valence-electron chi connectivity index (χ1n) is 7.31. The van der Waals surface area contributed by atoms with Crippen molar-refractivity contribution in [1.82, 2.24) is 10.2 Å². The van der Waals surface area contributed by atoms with Gasteiger partial charge in [0.2, 0.25) is 5.89 Å². The second-order valence-corrected chi connectivity index (χ2v) is 5.42. The van der Waals surface area contributed by atoms with Crippen molar-refractivity contribution in [2.24, 2.45) is 0 Å². The van der Waals surface area contributed by atoms with Crippen molar-refractivity contribution < 1.29 is 23.7 Å². The Morgan fingerprint density at radius 3 is 3.00 bits per heavy atom. The van der Waals surface area contributed by atoms with E-state index in [1.807, 2.05) is 6.92 Å². The van der Waals surface area contributed by atoms with E-state index in [2.05, 4.69) is 10.2 Å². The number of aliphatic hydroxyl groups excluding tert-OH is 1. The van der Waals surface area contributed by atoms with E-state index in [0.29, 0.717) is 47.9 Å². The zero-order valence-electron chi connectivity index (χ0n) is 12.6. The number of aromatic nitrogens is 2. The monoisotopic (exact) mass is 340 g/mol. The van der Waals surface area contributed by atoms with Gasteiger partial charge in [-0.3, -0.25) is 0 Å². The van der Waals surface area contributed by atoms with Gasteiger partial charge in [0.1, 0.15) is 11.9 Å². The molecule has 8 heteroatoms. The quantitative estimate of drug-likeness (QED) is 0.893. The fraction of sp³-hybridized carbons (Fsp3) is 0.467. The molecule has 124 valence electrons. The molecular weight excluding hydrogens is 324 g/mol. The van der Waals surface area contributed by atoms with Gasteiger partial charge < -0.3 is 23.7 Å².